The Hall–Kier alpha value is -2.28. The number of anilines is 1. The van der Waals surface area contributed by atoms with Crippen molar-refractivity contribution in [1.29, 1.82) is 0 Å². The molecule has 0 saturated carbocycles. The fourth-order valence-corrected chi connectivity index (χ4v) is 2.46. The fourth-order valence-electron chi connectivity index (χ4n) is 1.92. The Morgan fingerprint density at radius 1 is 1.38 bits per heavy atom. The number of thiazole rings is 1. The Labute approximate surface area is 126 Å². The third-order valence-electron chi connectivity index (χ3n) is 3.01. The monoisotopic (exact) mass is 307 g/mol. The maximum Gasteiger partial charge on any atom is 0.271 e. The lowest BCUT2D eigenvalue weighted by atomic mass is 10.1. The third-order valence-corrected chi connectivity index (χ3v) is 3.68. The minimum atomic E-state index is -0.270. The van der Waals surface area contributed by atoms with Crippen LogP contribution in [0, 0.1) is 0 Å². The lowest BCUT2D eigenvalue weighted by Gasteiger charge is -2.17. The van der Waals surface area contributed by atoms with Crippen molar-refractivity contribution in [2.24, 2.45) is 0 Å². The number of carbonyl (C=O) groups is 1. The number of methoxy groups -OCH3 is 2. The Morgan fingerprint density at radius 2 is 2.14 bits per heavy atom. The number of carbonyl (C=O) groups excluding carboxylic acids is 1. The van der Waals surface area contributed by atoms with Crippen LogP contribution in [0.1, 0.15) is 29.0 Å². The molecule has 1 aromatic heterocycles. The molecule has 0 bridgehead atoms. The van der Waals surface area contributed by atoms with Crippen molar-refractivity contribution in [3.05, 3.63) is 34.8 Å². The Bertz CT molecular complexity index is 642. The number of hydrogen-bond donors (Lipinski definition) is 2. The molecular formula is C14H17N3O3S. The van der Waals surface area contributed by atoms with Crippen LogP contribution < -0.4 is 20.5 Å². The molecule has 6 nitrogen and oxygen atoms in total. The summed E-state index contributed by atoms with van der Waals surface area (Å²) in [6.45, 7) is 1.87. The molecule has 0 radical (unpaired) electrons. The summed E-state index contributed by atoms with van der Waals surface area (Å²) in [5, 5.41) is 4.86. The number of aromatic nitrogens is 1. The van der Waals surface area contributed by atoms with Crippen molar-refractivity contribution >= 4 is 22.4 Å². The Balaban J connectivity index is 2.16. The number of ether oxygens (including phenoxy) is 2. The highest BCUT2D eigenvalue weighted by molar-refractivity contribution is 7.13. The minimum Gasteiger partial charge on any atom is -0.497 e. The lowest BCUT2D eigenvalue weighted by molar-refractivity contribution is 0.0935. The third kappa shape index (κ3) is 3.43. The molecule has 1 unspecified atom stereocenters. The Kier molecular flexibility index (Phi) is 4.64. The first-order valence-electron chi connectivity index (χ1n) is 6.29. The van der Waals surface area contributed by atoms with Crippen molar-refractivity contribution in [2.45, 2.75) is 13.0 Å². The van der Waals surface area contributed by atoms with Crippen molar-refractivity contribution in [3.8, 4) is 11.5 Å². The van der Waals surface area contributed by atoms with Crippen LogP contribution in [0.5, 0.6) is 11.5 Å². The molecule has 0 aliphatic carbocycles. The summed E-state index contributed by atoms with van der Waals surface area (Å²) in [5.74, 6) is 1.08. The predicted molar refractivity (Wildman–Crippen MR) is 82.0 cm³/mol. The van der Waals surface area contributed by atoms with Gasteiger partial charge < -0.3 is 20.5 Å². The highest BCUT2D eigenvalue weighted by Gasteiger charge is 2.17. The number of hydrogen-bond acceptors (Lipinski definition) is 6. The molecule has 3 N–H and O–H groups in total. The van der Waals surface area contributed by atoms with Gasteiger partial charge in [-0.15, -0.1) is 11.3 Å². The average Bonchev–Trinajstić information content (AvgIpc) is 2.93. The molecule has 1 aromatic carbocycles. The number of nitrogens with one attached hydrogen (secondary N) is 1. The highest BCUT2D eigenvalue weighted by atomic mass is 32.1. The number of rotatable bonds is 5. The summed E-state index contributed by atoms with van der Waals surface area (Å²) in [7, 11) is 3.17. The van der Waals surface area contributed by atoms with Gasteiger partial charge in [-0.05, 0) is 19.1 Å². The van der Waals surface area contributed by atoms with Gasteiger partial charge in [0.2, 0.25) is 0 Å². The first-order valence-corrected chi connectivity index (χ1v) is 7.17. The molecule has 0 saturated heterocycles. The van der Waals surface area contributed by atoms with Crippen molar-refractivity contribution in [2.75, 3.05) is 20.0 Å². The van der Waals surface area contributed by atoms with Crippen LogP contribution in [0.4, 0.5) is 5.13 Å². The van der Waals surface area contributed by atoms with E-state index in [1.54, 1.807) is 25.7 Å². The average molecular weight is 307 g/mol. The van der Waals surface area contributed by atoms with Gasteiger partial charge in [0.05, 0.1) is 20.3 Å². The summed E-state index contributed by atoms with van der Waals surface area (Å²) in [4.78, 5) is 16.0. The van der Waals surface area contributed by atoms with Crippen molar-refractivity contribution in [3.63, 3.8) is 0 Å². The quantitative estimate of drug-likeness (QED) is 0.884. The van der Waals surface area contributed by atoms with E-state index >= 15 is 0 Å². The van der Waals surface area contributed by atoms with Crippen LogP contribution in [-0.2, 0) is 0 Å². The SMILES string of the molecule is COc1ccc(C(C)NC(=O)c2csc(N)n2)c(OC)c1. The molecule has 0 aliphatic rings. The van der Waals surface area contributed by atoms with Gasteiger partial charge >= 0.3 is 0 Å². The number of nitrogens with zero attached hydrogens (tertiary/aromatic N) is 1. The molecule has 0 aliphatic heterocycles. The van der Waals surface area contributed by atoms with E-state index in [0.717, 1.165) is 5.56 Å². The van der Waals surface area contributed by atoms with Gasteiger partial charge in [0.15, 0.2) is 5.13 Å². The Morgan fingerprint density at radius 3 is 2.71 bits per heavy atom. The molecule has 7 heteroatoms. The van der Waals surface area contributed by atoms with Crippen LogP contribution in [0.3, 0.4) is 0 Å². The van der Waals surface area contributed by atoms with E-state index < -0.39 is 0 Å². The summed E-state index contributed by atoms with van der Waals surface area (Å²) < 4.78 is 10.5. The van der Waals surface area contributed by atoms with Gasteiger partial charge in [-0.1, -0.05) is 0 Å². The molecule has 2 rings (SSSR count). The van der Waals surface area contributed by atoms with E-state index in [9.17, 15) is 4.79 Å². The summed E-state index contributed by atoms with van der Waals surface area (Å²) in [6, 6.07) is 5.22. The molecule has 2 aromatic rings. The first-order chi connectivity index (χ1) is 10.0. The maximum absolute atomic E-state index is 12.1. The van der Waals surface area contributed by atoms with E-state index in [4.69, 9.17) is 15.2 Å². The van der Waals surface area contributed by atoms with Crippen LogP contribution in [0.25, 0.3) is 0 Å². The lowest BCUT2D eigenvalue weighted by Crippen LogP contribution is -2.27. The number of benzene rings is 1. The topological polar surface area (TPSA) is 86.5 Å². The standard InChI is InChI=1S/C14H17N3O3S/c1-8(16-13(18)11-7-21-14(15)17-11)10-5-4-9(19-2)6-12(10)20-3/h4-8H,1-3H3,(H2,15,17)(H,16,18). The molecule has 0 spiro atoms. The largest absolute Gasteiger partial charge is 0.497 e. The molecule has 112 valence electrons. The molecule has 0 fully saturated rings. The molecule has 1 atom stereocenters. The van der Waals surface area contributed by atoms with Gasteiger partial charge in [-0.3, -0.25) is 4.79 Å². The van der Waals surface area contributed by atoms with E-state index in [0.29, 0.717) is 22.3 Å². The van der Waals surface area contributed by atoms with Crippen LogP contribution in [-0.4, -0.2) is 25.1 Å². The first kappa shape index (κ1) is 15.1. The number of amides is 1. The van der Waals surface area contributed by atoms with Gasteiger partial charge in [-0.2, -0.15) is 0 Å². The maximum atomic E-state index is 12.1. The molecule has 1 amide bonds. The number of nitrogen functional groups attached to an aromatic ring is 1. The van der Waals surface area contributed by atoms with E-state index in [1.807, 2.05) is 19.1 Å². The summed E-state index contributed by atoms with van der Waals surface area (Å²) >= 11 is 1.23. The van der Waals surface area contributed by atoms with Crippen LogP contribution in [0.2, 0.25) is 0 Å². The summed E-state index contributed by atoms with van der Waals surface area (Å²) in [6.07, 6.45) is 0. The minimum absolute atomic E-state index is 0.235. The second-order valence-electron chi connectivity index (χ2n) is 4.37. The predicted octanol–water partition coefficient (Wildman–Crippen LogP) is 2.23. The van der Waals surface area contributed by atoms with Crippen molar-refractivity contribution in [1.82, 2.24) is 10.3 Å². The summed E-state index contributed by atoms with van der Waals surface area (Å²) in [5.41, 5.74) is 6.70. The molecule has 21 heavy (non-hydrogen) atoms. The smallest absolute Gasteiger partial charge is 0.271 e. The fraction of sp³-hybridized carbons (Fsp3) is 0.286. The van der Waals surface area contributed by atoms with E-state index in [1.165, 1.54) is 11.3 Å². The second-order valence-corrected chi connectivity index (χ2v) is 5.26. The molecule has 1 heterocycles. The zero-order chi connectivity index (χ0) is 15.4. The second kappa shape index (κ2) is 6.45. The zero-order valence-electron chi connectivity index (χ0n) is 12.0. The van der Waals surface area contributed by atoms with Gasteiger partial charge in [-0.25, -0.2) is 4.98 Å². The van der Waals surface area contributed by atoms with Gasteiger partial charge in [0.25, 0.3) is 5.91 Å². The number of nitrogens with two attached hydrogens (primary N) is 1. The van der Waals surface area contributed by atoms with E-state index in [-0.39, 0.29) is 11.9 Å². The van der Waals surface area contributed by atoms with E-state index in [2.05, 4.69) is 10.3 Å². The van der Waals surface area contributed by atoms with Gasteiger partial charge in [0, 0.05) is 17.0 Å². The van der Waals surface area contributed by atoms with Crippen LogP contribution >= 0.6 is 11.3 Å². The van der Waals surface area contributed by atoms with Gasteiger partial charge in [0.1, 0.15) is 17.2 Å². The molecular weight excluding hydrogens is 290 g/mol. The van der Waals surface area contributed by atoms with Crippen LogP contribution in [0.15, 0.2) is 23.6 Å². The van der Waals surface area contributed by atoms with Crippen molar-refractivity contribution < 1.29 is 14.3 Å². The zero-order valence-corrected chi connectivity index (χ0v) is 12.9. The highest BCUT2D eigenvalue weighted by Crippen LogP contribution is 2.29. The normalized spacial score (nSPS) is 11.8.